The maximum atomic E-state index is 9.36. The second kappa shape index (κ2) is 2.37. The largest absolute Gasteiger partial charge is 0.371 e. The van der Waals surface area contributed by atoms with E-state index in [2.05, 4.69) is 15.3 Å². The van der Waals surface area contributed by atoms with Crippen molar-refractivity contribution >= 4 is 11.5 Å². The lowest BCUT2D eigenvalue weighted by atomic mass is 10.1. The van der Waals surface area contributed by atoms with Crippen molar-refractivity contribution < 1.29 is 5.11 Å². The summed E-state index contributed by atoms with van der Waals surface area (Å²) in [5, 5.41) is 9.81. The summed E-state index contributed by atoms with van der Waals surface area (Å²) in [6, 6.07) is 0. The zero-order chi connectivity index (χ0) is 7.61. The molecule has 1 atom stereocenters. The van der Waals surface area contributed by atoms with E-state index in [9.17, 15) is 5.11 Å². The average molecular weight is 154 g/mol. The molecule has 0 aromatic carbocycles. The molecule has 3 nitrogen and oxygen atoms in total. The van der Waals surface area contributed by atoms with Gasteiger partial charge in [0.25, 0.3) is 0 Å². The SMILES string of the molecule is C#C[C@@](C)(O)c1ncns1. The van der Waals surface area contributed by atoms with Gasteiger partial charge in [0, 0.05) is 0 Å². The van der Waals surface area contributed by atoms with E-state index in [-0.39, 0.29) is 0 Å². The second-order valence-corrected chi connectivity index (χ2v) is 2.74. The van der Waals surface area contributed by atoms with Gasteiger partial charge in [-0.3, -0.25) is 0 Å². The second-order valence-electron chi connectivity index (χ2n) is 1.96. The minimum atomic E-state index is -1.26. The summed E-state index contributed by atoms with van der Waals surface area (Å²) in [6.45, 7) is 1.51. The molecule has 1 aromatic heterocycles. The van der Waals surface area contributed by atoms with E-state index >= 15 is 0 Å². The molecule has 0 aliphatic heterocycles. The summed E-state index contributed by atoms with van der Waals surface area (Å²) in [4.78, 5) is 3.77. The van der Waals surface area contributed by atoms with Crippen LogP contribution in [0.3, 0.4) is 0 Å². The maximum Gasteiger partial charge on any atom is 0.175 e. The van der Waals surface area contributed by atoms with Crippen molar-refractivity contribution in [2.45, 2.75) is 12.5 Å². The highest BCUT2D eigenvalue weighted by molar-refractivity contribution is 7.05. The van der Waals surface area contributed by atoms with Crippen molar-refractivity contribution in [2.75, 3.05) is 0 Å². The van der Waals surface area contributed by atoms with Crippen LogP contribution < -0.4 is 0 Å². The van der Waals surface area contributed by atoms with E-state index < -0.39 is 5.60 Å². The molecule has 0 radical (unpaired) electrons. The molecular weight excluding hydrogens is 148 g/mol. The highest BCUT2D eigenvalue weighted by atomic mass is 32.1. The summed E-state index contributed by atoms with van der Waals surface area (Å²) in [7, 11) is 0. The van der Waals surface area contributed by atoms with Crippen LogP contribution in [0.4, 0.5) is 0 Å². The first kappa shape index (κ1) is 7.19. The molecule has 0 aliphatic rings. The Hall–Kier alpha value is -0.920. The van der Waals surface area contributed by atoms with Crippen molar-refractivity contribution in [3.63, 3.8) is 0 Å². The Morgan fingerprint density at radius 3 is 3.00 bits per heavy atom. The van der Waals surface area contributed by atoms with Gasteiger partial charge in [0.15, 0.2) is 10.6 Å². The predicted molar refractivity (Wildman–Crippen MR) is 38.3 cm³/mol. The van der Waals surface area contributed by atoms with Gasteiger partial charge in [0.2, 0.25) is 0 Å². The molecule has 0 bridgehead atoms. The van der Waals surface area contributed by atoms with E-state index in [1.807, 2.05) is 0 Å². The molecule has 0 saturated heterocycles. The van der Waals surface area contributed by atoms with Crippen LogP contribution in [0.2, 0.25) is 0 Å². The highest BCUT2D eigenvalue weighted by Crippen LogP contribution is 2.18. The number of aromatic nitrogens is 2. The van der Waals surface area contributed by atoms with Crippen LogP contribution in [-0.4, -0.2) is 14.5 Å². The molecule has 0 saturated carbocycles. The smallest absolute Gasteiger partial charge is 0.175 e. The van der Waals surface area contributed by atoms with Crippen molar-refractivity contribution in [3.8, 4) is 12.3 Å². The Morgan fingerprint density at radius 1 is 1.90 bits per heavy atom. The third-order valence-corrected chi connectivity index (χ3v) is 1.93. The normalized spacial score (nSPS) is 15.7. The first-order chi connectivity index (χ1) is 4.67. The van der Waals surface area contributed by atoms with Crippen LogP contribution in [0, 0.1) is 12.3 Å². The van der Waals surface area contributed by atoms with E-state index in [0.717, 1.165) is 11.5 Å². The quantitative estimate of drug-likeness (QED) is 0.595. The van der Waals surface area contributed by atoms with Crippen LogP contribution in [-0.2, 0) is 5.60 Å². The summed E-state index contributed by atoms with van der Waals surface area (Å²) in [5.41, 5.74) is -1.26. The Bertz CT molecular complexity index is 247. The standard InChI is InChI=1S/C6H6N2OS/c1-3-6(2,9)5-7-4-8-10-5/h1,4,9H,2H3/t6-/m1/s1. The summed E-state index contributed by atoms with van der Waals surface area (Å²) >= 11 is 1.10. The van der Waals surface area contributed by atoms with Crippen LogP contribution in [0.25, 0.3) is 0 Å². The average Bonchev–Trinajstić information content (AvgIpc) is 2.38. The monoisotopic (exact) mass is 154 g/mol. The number of hydrogen-bond acceptors (Lipinski definition) is 4. The fourth-order valence-electron chi connectivity index (χ4n) is 0.449. The Labute approximate surface area is 62.9 Å². The zero-order valence-electron chi connectivity index (χ0n) is 5.40. The summed E-state index contributed by atoms with van der Waals surface area (Å²) in [6.07, 6.45) is 6.40. The van der Waals surface area contributed by atoms with Crippen molar-refractivity contribution in [2.24, 2.45) is 0 Å². The lowest BCUT2D eigenvalue weighted by molar-refractivity contribution is 0.122. The maximum absolute atomic E-state index is 9.36. The lowest BCUT2D eigenvalue weighted by Crippen LogP contribution is -2.17. The van der Waals surface area contributed by atoms with Gasteiger partial charge in [0.1, 0.15) is 6.33 Å². The molecule has 0 spiro atoms. The molecule has 4 heteroatoms. The van der Waals surface area contributed by atoms with Gasteiger partial charge in [-0.2, -0.15) is 4.37 Å². The molecule has 52 valence electrons. The third kappa shape index (κ3) is 1.15. The molecule has 0 aliphatic carbocycles. The van der Waals surface area contributed by atoms with Crippen LogP contribution in [0.15, 0.2) is 6.33 Å². The molecule has 0 amide bonds. The van der Waals surface area contributed by atoms with E-state index in [0.29, 0.717) is 5.01 Å². The topological polar surface area (TPSA) is 46.0 Å². The van der Waals surface area contributed by atoms with Gasteiger partial charge in [0.05, 0.1) is 0 Å². The van der Waals surface area contributed by atoms with Crippen LogP contribution in [0.1, 0.15) is 11.9 Å². The Morgan fingerprint density at radius 2 is 2.60 bits per heavy atom. The minimum absolute atomic E-state index is 0.454. The molecule has 1 heterocycles. The fraction of sp³-hybridized carbons (Fsp3) is 0.333. The van der Waals surface area contributed by atoms with E-state index in [1.165, 1.54) is 13.3 Å². The van der Waals surface area contributed by atoms with Crippen molar-refractivity contribution in [1.29, 1.82) is 0 Å². The summed E-state index contributed by atoms with van der Waals surface area (Å²) in [5.74, 6) is 2.21. The van der Waals surface area contributed by atoms with Crippen LogP contribution >= 0.6 is 11.5 Å². The van der Waals surface area contributed by atoms with Gasteiger partial charge in [-0.05, 0) is 18.5 Å². The molecule has 1 rings (SSSR count). The minimum Gasteiger partial charge on any atom is -0.371 e. The number of terminal acetylenes is 1. The summed E-state index contributed by atoms with van der Waals surface area (Å²) < 4.78 is 3.71. The zero-order valence-corrected chi connectivity index (χ0v) is 6.22. The third-order valence-electron chi connectivity index (χ3n) is 1.06. The van der Waals surface area contributed by atoms with Gasteiger partial charge in [-0.25, -0.2) is 4.98 Å². The number of hydrogen-bond donors (Lipinski definition) is 1. The molecule has 1 aromatic rings. The molecule has 0 unspecified atom stereocenters. The van der Waals surface area contributed by atoms with Gasteiger partial charge in [-0.1, -0.05) is 5.92 Å². The molecule has 10 heavy (non-hydrogen) atoms. The predicted octanol–water partition coefficient (Wildman–Crippen LogP) is 0.379. The first-order valence-electron chi connectivity index (χ1n) is 2.64. The van der Waals surface area contributed by atoms with Gasteiger partial charge >= 0.3 is 0 Å². The van der Waals surface area contributed by atoms with E-state index in [1.54, 1.807) is 0 Å². The Balaban J connectivity index is 2.99. The highest BCUT2D eigenvalue weighted by Gasteiger charge is 2.22. The molecule has 1 N–H and O–H groups in total. The number of nitrogens with zero attached hydrogens (tertiary/aromatic N) is 2. The first-order valence-corrected chi connectivity index (χ1v) is 3.41. The lowest BCUT2D eigenvalue weighted by Gasteiger charge is -2.09. The molecule has 0 fully saturated rings. The van der Waals surface area contributed by atoms with Crippen molar-refractivity contribution in [1.82, 2.24) is 9.36 Å². The van der Waals surface area contributed by atoms with E-state index in [4.69, 9.17) is 6.42 Å². The molecular formula is C6H6N2OS. The number of aliphatic hydroxyl groups is 1. The van der Waals surface area contributed by atoms with Crippen LogP contribution in [0.5, 0.6) is 0 Å². The Kier molecular flexibility index (Phi) is 1.70. The fourth-order valence-corrected chi connectivity index (χ4v) is 0.974. The van der Waals surface area contributed by atoms with Gasteiger partial charge < -0.3 is 5.11 Å². The van der Waals surface area contributed by atoms with Crippen molar-refractivity contribution in [3.05, 3.63) is 11.3 Å². The number of rotatable bonds is 1. The van der Waals surface area contributed by atoms with Gasteiger partial charge in [-0.15, -0.1) is 6.42 Å².